The Bertz CT molecular complexity index is 1400. The van der Waals surface area contributed by atoms with E-state index in [2.05, 4.69) is 15.0 Å². The van der Waals surface area contributed by atoms with Crippen molar-refractivity contribution < 1.29 is 9.18 Å². The van der Waals surface area contributed by atoms with Crippen molar-refractivity contribution in [3.8, 4) is 10.6 Å². The van der Waals surface area contributed by atoms with Crippen LogP contribution in [-0.4, -0.2) is 56.5 Å². The molecule has 10 heteroatoms. The Hall–Kier alpha value is -3.14. The lowest BCUT2D eigenvalue weighted by Gasteiger charge is -2.34. The Labute approximate surface area is 197 Å². The zero-order valence-electron chi connectivity index (χ0n) is 17.4. The number of carbonyl (C=O) groups excluding carboxylic acids is 1. The summed E-state index contributed by atoms with van der Waals surface area (Å²) in [6, 6.07) is 14.6. The van der Waals surface area contributed by atoms with E-state index in [4.69, 9.17) is 11.6 Å². The average Bonchev–Trinajstić information content (AvgIpc) is 3.24. The summed E-state index contributed by atoms with van der Waals surface area (Å²) in [7, 11) is 0. The van der Waals surface area contributed by atoms with Gasteiger partial charge in [-0.05, 0) is 30.3 Å². The van der Waals surface area contributed by atoms with E-state index in [0.717, 1.165) is 5.56 Å². The highest BCUT2D eigenvalue weighted by atomic mass is 35.5. The van der Waals surface area contributed by atoms with Crippen LogP contribution in [0.25, 0.3) is 15.5 Å². The smallest absolute Gasteiger partial charge is 0.275 e. The molecule has 168 valence electrons. The van der Waals surface area contributed by atoms with E-state index in [-0.39, 0.29) is 11.5 Å². The Morgan fingerprint density at radius 2 is 1.85 bits per heavy atom. The maximum absolute atomic E-state index is 13.4. The highest BCUT2D eigenvalue weighted by Gasteiger charge is 2.23. The third-order valence-corrected chi connectivity index (χ3v) is 6.68. The third kappa shape index (κ3) is 4.66. The summed E-state index contributed by atoms with van der Waals surface area (Å²) in [6.07, 6.45) is 0. The predicted molar refractivity (Wildman–Crippen MR) is 125 cm³/mol. The Balaban J connectivity index is 1.28. The Morgan fingerprint density at radius 1 is 1.06 bits per heavy atom. The monoisotopic (exact) mass is 483 g/mol. The van der Waals surface area contributed by atoms with Gasteiger partial charge in [-0.25, -0.2) is 9.37 Å². The lowest BCUT2D eigenvalue weighted by atomic mass is 10.1. The number of hydrogen-bond acceptors (Lipinski definition) is 6. The quantitative estimate of drug-likeness (QED) is 0.444. The van der Waals surface area contributed by atoms with Gasteiger partial charge in [-0.1, -0.05) is 41.1 Å². The molecular formula is C23H19ClFN5O2S. The van der Waals surface area contributed by atoms with Crippen LogP contribution in [0.1, 0.15) is 16.1 Å². The fourth-order valence-electron chi connectivity index (χ4n) is 3.82. The predicted octanol–water partition coefficient (Wildman–Crippen LogP) is 3.57. The SMILES string of the molecule is O=C(c1cccc(F)c1)N1CCN(Cc2cc(=O)n3nc(-c4cccc(Cl)c4)sc3n2)CC1. The molecule has 0 aliphatic carbocycles. The third-order valence-electron chi connectivity index (χ3n) is 5.49. The van der Waals surface area contributed by atoms with Crippen LogP contribution in [0.2, 0.25) is 5.02 Å². The Morgan fingerprint density at radius 3 is 2.61 bits per heavy atom. The molecule has 0 radical (unpaired) electrons. The topological polar surface area (TPSA) is 70.8 Å². The van der Waals surface area contributed by atoms with Crippen molar-refractivity contribution in [3.05, 3.63) is 87.0 Å². The molecule has 0 saturated carbocycles. The van der Waals surface area contributed by atoms with Gasteiger partial charge in [-0.15, -0.1) is 0 Å². The van der Waals surface area contributed by atoms with Crippen LogP contribution in [0.3, 0.4) is 0 Å². The summed E-state index contributed by atoms with van der Waals surface area (Å²) in [5.74, 6) is -0.598. The van der Waals surface area contributed by atoms with E-state index >= 15 is 0 Å². The standard InChI is InChI=1S/C23H19ClFN5O2S/c24-17-5-1-3-15(11-17)21-27-30-20(31)13-19(26-23(30)33-21)14-28-7-9-29(10-8-28)22(32)16-4-2-6-18(25)12-16/h1-6,11-13H,7-10,14H2. The van der Waals surface area contributed by atoms with Crippen molar-refractivity contribution in [3.63, 3.8) is 0 Å². The van der Waals surface area contributed by atoms with Gasteiger partial charge < -0.3 is 4.90 Å². The molecule has 0 unspecified atom stereocenters. The number of benzene rings is 2. The van der Waals surface area contributed by atoms with Gasteiger partial charge in [0.25, 0.3) is 11.5 Å². The first-order chi connectivity index (χ1) is 16.0. The molecule has 1 aliphatic rings. The fraction of sp³-hybridized carbons (Fsp3) is 0.217. The van der Waals surface area contributed by atoms with Crippen molar-refractivity contribution >= 4 is 33.8 Å². The van der Waals surface area contributed by atoms with Gasteiger partial charge in [0.05, 0.1) is 5.69 Å². The summed E-state index contributed by atoms with van der Waals surface area (Å²) in [5.41, 5.74) is 1.60. The maximum atomic E-state index is 13.4. The molecule has 3 heterocycles. The molecule has 2 aromatic carbocycles. The van der Waals surface area contributed by atoms with Gasteiger partial charge >= 0.3 is 0 Å². The largest absolute Gasteiger partial charge is 0.336 e. The van der Waals surface area contributed by atoms with Gasteiger partial charge in [-0.3, -0.25) is 14.5 Å². The van der Waals surface area contributed by atoms with Crippen LogP contribution in [0.15, 0.2) is 59.4 Å². The van der Waals surface area contributed by atoms with Gasteiger partial charge in [0.15, 0.2) is 0 Å². The summed E-state index contributed by atoms with van der Waals surface area (Å²) in [4.78, 5) is 34.3. The molecule has 0 atom stereocenters. The fourth-order valence-corrected chi connectivity index (χ4v) is 4.93. The first-order valence-corrected chi connectivity index (χ1v) is 11.6. The van der Waals surface area contributed by atoms with Gasteiger partial charge in [0.2, 0.25) is 4.96 Å². The molecule has 0 N–H and O–H groups in total. The molecule has 4 aromatic rings. The van der Waals surface area contributed by atoms with Crippen molar-refractivity contribution in [1.29, 1.82) is 0 Å². The van der Waals surface area contributed by atoms with E-state index in [0.29, 0.717) is 59.0 Å². The summed E-state index contributed by atoms with van der Waals surface area (Å²) in [5, 5.41) is 5.66. The van der Waals surface area contributed by atoms with Crippen LogP contribution in [0.5, 0.6) is 0 Å². The Kier molecular flexibility index (Phi) is 5.92. The molecule has 5 rings (SSSR count). The van der Waals surface area contributed by atoms with E-state index < -0.39 is 5.82 Å². The molecule has 1 saturated heterocycles. The van der Waals surface area contributed by atoms with Gasteiger partial charge in [-0.2, -0.15) is 9.61 Å². The number of aromatic nitrogens is 3. The zero-order valence-corrected chi connectivity index (χ0v) is 19.0. The molecule has 1 amide bonds. The molecular weight excluding hydrogens is 465 g/mol. The van der Waals surface area contributed by atoms with Crippen LogP contribution in [0, 0.1) is 5.82 Å². The van der Waals surface area contributed by atoms with Crippen molar-refractivity contribution in [2.75, 3.05) is 26.2 Å². The molecule has 7 nitrogen and oxygen atoms in total. The van der Waals surface area contributed by atoms with Gasteiger partial charge in [0, 0.05) is 54.9 Å². The highest BCUT2D eigenvalue weighted by Crippen LogP contribution is 2.26. The lowest BCUT2D eigenvalue weighted by molar-refractivity contribution is 0.0626. The van der Waals surface area contributed by atoms with Crippen LogP contribution in [-0.2, 0) is 6.54 Å². The normalized spacial score (nSPS) is 14.7. The van der Waals surface area contributed by atoms with E-state index in [1.165, 1.54) is 40.1 Å². The summed E-state index contributed by atoms with van der Waals surface area (Å²) < 4.78 is 14.7. The van der Waals surface area contributed by atoms with Crippen LogP contribution >= 0.6 is 22.9 Å². The number of nitrogens with zero attached hydrogens (tertiary/aromatic N) is 5. The van der Waals surface area contributed by atoms with E-state index in [1.807, 2.05) is 12.1 Å². The molecule has 0 bridgehead atoms. The van der Waals surface area contributed by atoms with E-state index in [1.54, 1.807) is 23.1 Å². The summed E-state index contributed by atoms with van der Waals surface area (Å²) in [6.45, 7) is 2.82. The second kappa shape index (κ2) is 9.01. The van der Waals surface area contributed by atoms with Gasteiger partial charge in [0.1, 0.15) is 10.8 Å². The van der Waals surface area contributed by atoms with Crippen molar-refractivity contribution in [2.24, 2.45) is 0 Å². The van der Waals surface area contributed by atoms with Crippen LogP contribution < -0.4 is 5.56 Å². The zero-order chi connectivity index (χ0) is 22.9. The molecule has 33 heavy (non-hydrogen) atoms. The number of amides is 1. The number of fused-ring (bicyclic) bond motifs is 1. The number of piperazine rings is 1. The lowest BCUT2D eigenvalue weighted by Crippen LogP contribution is -2.48. The minimum Gasteiger partial charge on any atom is -0.336 e. The minimum absolute atomic E-state index is 0.176. The highest BCUT2D eigenvalue weighted by molar-refractivity contribution is 7.19. The number of halogens is 2. The molecule has 2 aromatic heterocycles. The first-order valence-electron chi connectivity index (χ1n) is 10.4. The minimum atomic E-state index is -0.422. The number of rotatable bonds is 4. The van der Waals surface area contributed by atoms with Crippen LogP contribution in [0.4, 0.5) is 4.39 Å². The van der Waals surface area contributed by atoms with Crippen molar-refractivity contribution in [2.45, 2.75) is 6.54 Å². The molecule has 1 fully saturated rings. The number of hydrogen-bond donors (Lipinski definition) is 0. The molecule has 0 spiro atoms. The molecule has 1 aliphatic heterocycles. The van der Waals surface area contributed by atoms with E-state index in [9.17, 15) is 14.0 Å². The second-order valence-corrected chi connectivity index (χ2v) is 9.17. The maximum Gasteiger partial charge on any atom is 0.275 e. The first kappa shape index (κ1) is 21.7. The average molecular weight is 484 g/mol. The summed E-state index contributed by atoms with van der Waals surface area (Å²) >= 11 is 7.41. The van der Waals surface area contributed by atoms with Crippen molar-refractivity contribution in [1.82, 2.24) is 24.4 Å². The number of carbonyl (C=O) groups is 1. The second-order valence-electron chi connectivity index (χ2n) is 7.78.